The fourth-order valence-electron chi connectivity index (χ4n) is 3.13. The zero-order valence-electron chi connectivity index (χ0n) is 16.1. The third kappa shape index (κ3) is 8.21. The van der Waals surface area contributed by atoms with Crippen LogP contribution in [0, 0.1) is 12.8 Å². The standard InChI is InChI=1S/C18H33N5S.HI/c1-15-7-11-23(12-8-15)10-6-5-9-20-18(19-3)22(4)13-17-14-24-16(2)21-17;/h14-15H,5-13H2,1-4H3,(H,19,20);1H. The first-order valence-electron chi connectivity index (χ1n) is 9.13. The Kier molecular flexibility index (Phi) is 10.9. The summed E-state index contributed by atoms with van der Waals surface area (Å²) in [4.78, 5) is 13.7. The number of aryl methyl sites for hydroxylation is 1. The summed E-state index contributed by atoms with van der Waals surface area (Å²) in [6.45, 7) is 10.0. The van der Waals surface area contributed by atoms with Crippen molar-refractivity contribution < 1.29 is 0 Å². The average molecular weight is 479 g/mol. The number of hydrogen-bond acceptors (Lipinski definition) is 4. The van der Waals surface area contributed by atoms with Crippen molar-refractivity contribution in [2.45, 2.75) is 46.1 Å². The smallest absolute Gasteiger partial charge is 0.193 e. The molecule has 2 heterocycles. The Bertz CT molecular complexity index is 511. The maximum atomic E-state index is 4.52. The molecular weight excluding hydrogens is 445 g/mol. The van der Waals surface area contributed by atoms with Gasteiger partial charge in [-0.15, -0.1) is 35.3 Å². The van der Waals surface area contributed by atoms with Crippen LogP contribution in [0.25, 0.3) is 0 Å². The fourth-order valence-corrected chi connectivity index (χ4v) is 3.73. The number of guanidine groups is 1. The number of unbranched alkanes of at least 4 members (excludes halogenated alkanes) is 1. The highest BCUT2D eigenvalue weighted by Gasteiger charge is 2.14. The van der Waals surface area contributed by atoms with E-state index in [1.807, 2.05) is 14.0 Å². The predicted molar refractivity (Wildman–Crippen MR) is 119 cm³/mol. The highest BCUT2D eigenvalue weighted by Crippen LogP contribution is 2.16. The SMILES string of the molecule is CN=C(NCCCCN1CCC(C)CC1)N(C)Cc1csc(C)n1.I. The highest BCUT2D eigenvalue weighted by molar-refractivity contribution is 14.0. The van der Waals surface area contributed by atoms with E-state index in [2.05, 4.69) is 44.4 Å². The van der Waals surface area contributed by atoms with Gasteiger partial charge in [0.05, 0.1) is 17.2 Å². The fraction of sp³-hybridized carbons (Fsp3) is 0.778. The summed E-state index contributed by atoms with van der Waals surface area (Å²) < 4.78 is 0. The Hall–Kier alpha value is -0.410. The van der Waals surface area contributed by atoms with Gasteiger partial charge in [0.2, 0.25) is 0 Å². The lowest BCUT2D eigenvalue weighted by atomic mass is 9.99. The molecule has 0 unspecified atom stereocenters. The molecule has 0 amide bonds. The van der Waals surface area contributed by atoms with Crippen molar-refractivity contribution in [3.05, 3.63) is 16.1 Å². The van der Waals surface area contributed by atoms with Gasteiger partial charge in [-0.2, -0.15) is 0 Å². The Morgan fingerprint density at radius 3 is 2.72 bits per heavy atom. The van der Waals surface area contributed by atoms with E-state index < -0.39 is 0 Å². The first kappa shape index (κ1) is 22.6. The molecule has 1 aromatic heterocycles. The first-order valence-corrected chi connectivity index (χ1v) is 10.0. The average Bonchev–Trinajstić information content (AvgIpc) is 2.97. The zero-order valence-corrected chi connectivity index (χ0v) is 19.3. The molecule has 0 aliphatic carbocycles. The van der Waals surface area contributed by atoms with Gasteiger partial charge in [0.25, 0.3) is 0 Å². The second kappa shape index (κ2) is 12.1. The number of hydrogen-bond donors (Lipinski definition) is 1. The van der Waals surface area contributed by atoms with E-state index in [1.165, 1.54) is 45.3 Å². The molecule has 1 fully saturated rings. The largest absolute Gasteiger partial charge is 0.356 e. The van der Waals surface area contributed by atoms with E-state index in [1.54, 1.807) is 11.3 Å². The lowest BCUT2D eigenvalue weighted by molar-refractivity contribution is 0.189. The molecule has 25 heavy (non-hydrogen) atoms. The normalized spacial score (nSPS) is 16.6. The Morgan fingerprint density at radius 1 is 1.40 bits per heavy atom. The molecule has 1 N–H and O–H groups in total. The number of nitrogens with one attached hydrogen (secondary N) is 1. The van der Waals surface area contributed by atoms with Gasteiger partial charge in [-0.05, 0) is 58.2 Å². The Balaban J connectivity index is 0.00000312. The molecule has 2 rings (SSSR count). The topological polar surface area (TPSA) is 43.8 Å². The lowest BCUT2D eigenvalue weighted by Gasteiger charge is -2.30. The molecule has 1 aromatic rings. The third-order valence-electron chi connectivity index (χ3n) is 4.70. The van der Waals surface area contributed by atoms with Crippen LogP contribution in [0.15, 0.2) is 10.4 Å². The van der Waals surface area contributed by atoms with E-state index in [0.29, 0.717) is 0 Å². The Labute approximate surface area is 174 Å². The molecule has 0 bridgehead atoms. The number of thiazole rings is 1. The number of halogens is 1. The van der Waals surface area contributed by atoms with Crippen molar-refractivity contribution in [1.29, 1.82) is 0 Å². The molecule has 7 heteroatoms. The summed E-state index contributed by atoms with van der Waals surface area (Å²) in [5.74, 6) is 1.87. The van der Waals surface area contributed by atoms with Crippen LogP contribution in [-0.4, -0.2) is 61.0 Å². The molecule has 0 aromatic carbocycles. The number of likely N-dealkylation sites (tertiary alicyclic amines) is 1. The molecule has 1 saturated heterocycles. The summed E-state index contributed by atoms with van der Waals surface area (Å²) in [5.41, 5.74) is 1.11. The molecule has 5 nitrogen and oxygen atoms in total. The van der Waals surface area contributed by atoms with E-state index in [0.717, 1.165) is 35.7 Å². The molecule has 0 spiro atoms. The van der Waals surface area contributed by atoms with E-state index in [9.17, 15) is 0 Å². The van der Waals surface area contributed by atoms with Crippen molar-refractivity contribution >= 4 is 41.3 Å². The maximum absolute atomic E-state index is 4.52. The second-order valence-electron chi connectivity index (χ2n) is 6.92. The molecule has 1 aliphatic rings. The van der Waals surface area contributed by atoms with Crippen LogP contribution in [0.2, 0.25) is 0 Å². The van der Waals surface area contributed by atoms with Crippen molar-refractivity contribution in [1.82, 2.24) is 20.1 Å². The minimum atomic E-state index is 0. The van der Waals surface area contributed by atoms with E-state index in [-0.39, 0.29) is 24.0 Å². The highest BCUT2D eigenvalue weighted by atomic mass is 127. The van der Waals surface area contributed by atoms with Crippen LogP contribution in [0.1, 0.15) is 43.3 Å². The number of aromatic nitrogens is 1. The molecule has 0 atom stereocenters. The number of piperidine rings is 1. The van der Waals surface area contributed by atoms with Gasteiger partial charge >= 0.3 is 0 Å². The van der Waals surface area contributed by atoms with Crippen LogP contribution in [0.3, 0.4) is 0 Å². The number of nitrogens with zero attached hydrogens (tertiary/aromatic N) is 4. The summed E-state index contributed by atoms with van der Waals surface area (Å²) in [5, 5.41) is 6.72. The van der Waals surface area contributed by atoms with Crippen molar-refractivity contribution in [3.63, 3.8) is 0 Å². The maximum Gasteiger partial charge on any atom is 0.193 e. The number of aliphatic imine (C=N–C) groups is 1. The van der Waals surface area contributed by atoms with Gasteiger partial charge in [-0.25, -0.2) is 4.98 Å². The van der Waals surface area contributed by atoms with Crippen LogP contribution in [0.4, 0.5) is 0 Å². The molecule has 1 aliphatic heterocycles. The van der Waals surface area contributed by atoms with Crippen molar-refractivity contribution in [2.75, 3.05) is 40.3 Å². The van der Waals surface area contributed by atoms with Gasteiger partial charge in [0.15, 0.2) is 5.96 Å². The summed E-state index contributed by atoms with van der Waals surface area (Å²) in [6, 6.07) is 0. The molecular formula is C18H34IN5S. The monoisotopic (exact) mass is 479 g/mol. The van der Waals surface area contributed by atoms with Crippen LogP contribution in [0.5, 0.6) is 0 Å². The molecule has 144 valence electrons. The van der Waals surface area contributed by atoms with Crippen LogP contribution >= 0.6 is 35.3 Å². The summed E-state index contributed by atoms with van der Waals surface area (Å²) in [6.07, 6.45) is 5.18. The summed E-state index contributed by atoms with van der Waals surface area (Å²) >= 11 is 1.70. The van der Waals surface area contributed by atoms with E-state index >= 15 is 0 Å². The van der Waals surface area contributed by atoms with Gasteiger partial charge < -0.3 is 15.1 Å². The second-order valence-corrected chi connectivity index (χ2v) is 7.98. The van der Waals surface area contributed by atoms with Gasteiger partial charge in [0, 0.05) is 26.0 Å². The summed E-state index contributed by atoms with van der Waals surface area (Å²) in [7, 11) is 3.92. The zero-order chi connectivity index (χ0) is 17.4. The minimum Gasteiger partial charge on any atom is -0.356 e. The predicted octanol–water partition coefficient (Wildman–Crippen LogP) is 3.59. The first-order chi connectivity index (χ1) is 11.6. The van der Waals surface area contributed by atoms with Crippen LogP contribution < -0.4 is 5.32 Å². The van der Waals surface area contributed by atoms with Crippen LogP contribution in [-0.2, 0) is 6.54 Å². The quantitative estimate of drug-likeness (QED) is 0.281. The Morgan fingerprint density at radius 2 is 2.12 bits per heavy atom. The minimum absolute atomic E-state index is 0. The third-order valence-corrected chi connectivity index (χ3v) is 5.52. The van der Waals surface area contributed by atoms with Gasteiger partial charge in [0.1, 0.15) is 0 Å². The number of rotatable bonds is 7. The van der Waals surface area contributed by atoms with Gasteiger partial charge in [-0.3, -0.25) is 4.99 Å². The van der Waals surface area contributed by atoms with Crippen molar-refractivity contribution in [3.8, 4) is 0 Å². The molecule has 0 saturated carbocycles. The van der Waals surface area contributed by atoms with Crippen molar-refractivity contribution in [2.24, 2.45) is 10.9 Å². The molecule has 0 radical (unpaired) electrons. The lowest BCUT2D eigenvalue weighted by Crippen LogP contribution is -2.39. The van der Waals surface area contributed by atoms with E-state index in [4.69, 9.17) is 0 Å². The van der Waals surface area contributed by atoms with Gasteiger partial charge in [-0.1, -0.05) is 6.92 Å².